The molecule has 0 unspecified atom stereocenters. The molecule has 0 aromatic carbocycles. The van der Waals surface area contributed by atoms with E-state index in [4.69, 9.17) is 0 Å². The maximum Gasteiger partial charge on any atom is 0.230 e. The minimum Gasteiger partial charge on any atom is -0.338 e. The van der Waals surface area contributed by atoms with Crippen LogP contribution in [-0.2, 0) is 21.1 Å². The molecule has 0 amide bonds. The molecule has 0 aliphatic heterocycles. The van der Waals surface area contributed by atoms with Crippen LogP contribution in [0.3, 0.4) is 0 Å². The van der Waals surface area contributed by atoms with Gasteiger partial charge in [0, 0.05) is 37.3 Å². The fraction of sp³-hybridized carbons (Fsp3) is 0.393. The molecule has 6 rings (SSSR count). The van der Waals surface area contributed by atoms with Gasteiger partial charge in [-0.15, -0.1) is 22.7 Å². The SMILES string of the molecule is Cc1nc2c(=O)c(C)c(C)n(C)c2s1.Cc1nc2c(=O)c(C)nn(C)c2s1.Cc1sc2c(c1C)c(=O)c(C)nn2C. The average Bonchev–Trinajstić information content (AvgIpc) is 3.60. The third kappa shape index (κ3) is 5.53. The Morgan fingerprint density at radius 1 is 0.561 bits per heavy atom. The van der Waals surface area contributed by atoms with Crippen molar-refractivity contribution >= 4 is 64.9 Å². The van der Waals surface area contributed by atoms with E-state index < -0.39 is 0 Å². The van der Waals surface area contributed by atoms with Crippen LogP contribution in [0.5, 0.6) is 0 Å². The Morgan fingerprint density at radius 3 is 1.63 bits per heavy atom. The summed E-state index contributed by atoms with van der Waals surface area (Å²) in [5.74, 6) is 0. The first-order valence-electron chi connectivity index (χ1n) is 12.8. The lowest BCUT2D eigenvalue weighted by molar-refractivity contribution is 0.759. The molecule has 0 fully saturated rings. The Kier molecular flexibility index (Phi) is 8.44. The predicted octanol–water partition coefficient (Wildman–Crippen LogP) is 4.85. The van der Waals surface area contributed by atoms with Crippen LogP contribution in [0, 0.1) is 55.4 Å². The number of hydrogen-bond donors (Lipinski definition) is 0. The Hall–Kier alpha value is -3.55. The summed E-state index contributed by atoms with van der Waals surface area (Å²) in [6, 6.07) is 0. The number of pyridine rings is 1. The standard InChI is InChI=1S/2C10H12N2OS.C8H9N3OS/c1-5-7(3)14-10-8(5)9(13)6(2)11-12(10)4;1-5-6(2)12(4)10-8(9(5)13)11-7(3)14-10;1-4-7(12)6-8(11(3)10-4)13-5(2)9-6/h2*1-4H3;1-3H3. The normalized spacial score (nSPS) is 11.1. The van der Waals surface area contributed by atoms with Gasteiger partial charge in [-0.05, 0) is 61.0 Å². The van der Waals surface area contributed by atoms with Crippen molar-refractivity contribution in [3.8, 4) is 0 Å². The molecule has 41 heavy (non-hydrogen) atoms. The molecule has 0 spiro atoms. The molecule has 13 heteroatoms. The molecule has 0 aliphatic rings. The quantitative estimate of drug-likeness (QED) is 0.241. The summed E-state index contributed by atoms with van der Waals surface area (Å²) in [5.41, 5.74) is 5.21. The Balaban J connectivity index is 0.000000142. The highest BCUT2D eigenvalue weighted by Crippen LogP contribution is 2.26. The minimum absolute atomic E-state index is 0.0579. The van der Waals surface area contributed by atoms with Crippen LogP contribution in [0.4, 0.5) is 0 Å². The molecular formula is C28H33N7O3S3. The van der Waals surface area contributed by atoms with E-state index in [1.54, 1.807) is 45.9 Å². The highest BCUT2D eigenvalue weighted by Gasteiger charge is 2.14. The summed E-state index contributed by atoms with van der Waals surface area (Å²) in [6.07, 6.45) is 0. The third-order valence-electron chi connectivity index (χ3n) is 6.99. The Morgan fingerprint density at radius 2 is 1.05 bits per heavy atom. The van der Waals surface area contributed by atoms with E-state index in [9.17, 15) is 14.4 Å². The largest absolute Gasteiger partial charge is 0.338 e. The van der Waals surface area contributed by atoms with Crippen LogP contribution in [0.15, 0.2) is 14.4 Å². The number of thiazole rings is 2. The van der Waals surface area contributed by atoms with Crippen LogP contribution < -0.4 is 16.3 Å². The monoisotopic (exact) mass is 611 g/mol. The molecule has 0 aliphatic carbocycles. The zero-order valence-corrected chi connectivity index (χ0v) is 27.5. The van der Waals surface area contributed by atoms with Crippen LogP contribution in [0.1, 0.15) is 43.1 Å². The van der Waals surface area contributed by atoms with Crippen LogP contribution in [-0.4, -0.2) is 34.1 Å². The highest BCUT2D eigenvalue weighted by molar-refractivity contribution is 7.19. The molecular weight excluding hydrogens is 579 g/mol. The van der Waals surface area contributed by atoms with Crippen LogP contribution >= 0.6 is 34.0 Å². The molecule has 0 saturated carbocycles. The van der Waals surface area contributed by atoms with Gasteiger partial charge in [-0.2, -0.15) is 10.2 Å². The second-order valence-electron chi connectivity index (χ2n) is 9.91. The van der Waals surface area contributed by atoms with Gasteiger partial charge in [0.05, 0.1) is 15.4 Å². The van der Waals surface area contributed by atoms with E-state index in [1.807, 2.05) is 67.3 Å². The van der Waals surface area contributed by atoms with E-state index in [0.717, 1.165) is 46.7 Å². The number of fused-ring (bicyclic) bond motifs is 3. The fourth-order valence-electron chi connectivity index (χ4n) is 4.41. The first-order chi connectivity index (χ1) is 19.1. The maximum absolute atomic E-state index is 11.8. The van der Waals surface area contributed by atoms with Crippen molar-refractivity contribution in [1.29, 1.82) is 0 Å². The number of aromatic nitrogens is 7. The number of nitrogens with zero attached hydrogens (tertiary/aromatic N) is 7. The zero-order chi connectivity index (χ0) is 30.5. The van der Waals surface area contributed by atoms with Crippen molar-refractivity contribution in [3.63, 3.8) is 0 Å². The molecule has 0 bridgehead atoms. The number of hydrogen-bond acceptors (Lipinski definition) is 10. The van der Waals surface area contributed by atoms with Gasteiger partial charge in [-0.25, -0.2) is 9.97 Å². The zero-order valence-electron chi connectivity index (χ0n) is 25.1. The highest BCUT2D eigenvalue weighted by atomic mass is 32.1. The summed E-state index contributed by atoms with van der Waals surface area (Å²) in [4.78, 5) is 47.7. The lowest BCUT2D eigenvalue weighted by Crippen LogP contribution is -2.13. The summed E-state index contributed by atoms with van der Waals surface area (Å²) in [7, 11) is 5.68. The van der Waals surface area contributed by atoms with E-state index >= 15 is 0 Å². The molecule has 6 heterocycles. The van der Waals surface area contributed by atoms with Gasteiger partial charge >= 0.3 is 0 Å². The van der Waals surface area contributed by atoms with E-state index in [0.29, 0.717) is 22.4 Å². The summed E-state index contributed by atoms with van der Waals surface area (Å²) < 4.78 is 5.53. The predicted molar refractivity (Wildman–Crippen MR) is 170 cm³/mol. The maximum atomic E-state index is 11.8. The van der Waals surface area contributed by atoms with Crippen molar-refractivity contribution in [2.45, 2.75) is 55.4 Å². The molecule has 216 valence electrons. The van der Waals surface area contributed by atoms with Crippen molar-refractivity contribution in [2.24, 2.45) is 21.1 Å². The lowest BCUT2D eigenvalue weighted by Gasteiger charge is -2.07. The molecule has 6 aromatic heterocycles. The van der Waals surface area contributed by atoms with Gasteiger partial charge in [-0.1, -0.05) is 11.3 Å². The lowest BCUT2D eigenvalue weighted by atomic mass is 10.2. The molecule has 0 radical (unpaired) electrons. The minimum atomic E-state index is -0.0579. The molecule has 0 saturated heterocycles. The average molecular weight is 612 g/mol. The molecule has 6 aromatic rings. The van der Waals surface area contributed by atoms with Gasteiger partial charge in [0.2, 0.25) is 16.3 Å². The topological polar surface area (TPSA) is 118 Å². The van der Waals surface area contributed by atoms with Gasteiger partial charge in [0.1, 0.15) is 36.9 Å². The Labute approximate surface area is 248 Å². The van der Waals surface area contributed by atoms with Crippen molar-refractivity contribution in [3.05, 3.63) is 73.8 Å². The summed E-state index contributed by atoms with van der Waals surface area (Å²) in [6.45, 7) is 15.1. The number of aryl methyl sites for hydroxylation is 9. The second kappa shape index (κ2) is 11.4. The Bertz CT molecular complexity index is 2140. The smallest absolute Gasteiger partial charge is 0.230 e. The third-order valence-corrected chi connectivity index (χ3v) is 10.4. The van der Waals surface area contributed by atoms with Gasteiger partial charge in [0.25, 0.3) is 0 Å². The summed E-state index contributed by atoms with van der Waals surface area (Å²) >= 11 is 4.69. The first-order valence-corrected chi connectivity index (χ1v) is 15.3. The van der Waals surface area contributed by atoms with Gasteiger partial charge in [0.15, 0.2) is 0 Å². The van der Waals surface area contributed by atoms with E-state index in [-0.39, 0.29) is 16.3 Å². The van der Waals surface area contributed by atoms with E-state index in [2.05, 4.69) is 20.2 Å². The molecule has 0 N–H and O–H groups in total. The fourth-order valence-corrected chi connectivity index (χ4v) is 7.23. The van der Waals surface area contributed by atoms with E-state index in [1.165, 1.54) is 16.2 Å². The number of rotatable bonds is 0. The van der Waals surface area contributed by atoms with Crippen molar-refractivity contribution in [1.82, 2.24) is 34.1 Å². The van der Waals surface area contributed by atoms with Crippen LogP contribution in [0.2, 0.25) is 0 Å². The van der Waals surface area contributed by atoms with Crippen molar-refractivity contribution < 1.29 is 0 Å². The first kappa shape index (κ1) is 30.4. The number of thiophene rings is 1. The second-order valence-corrected chi connectivity index (χ2v) is 13.5. The molecule has 10 nitrogen and oxygen atoms in total. The van der Waals surface area contributed by atoms with Crippen molar-refractivity contribution in [2.75, 3.05) is 0 Å². The molecule has 0 atom stereocenters. The van der Waals surface area contributed by atoms with Gasteiger partial charge < -0.3 is 4.57 Å². The van der Waals surface area contributed by atoms with Gasteiger partial charge in [-0.3, -0.25) is 23.7 Å². The summed E-state index contributed by atoms with van der Waals surface area (Å²) in [5, 5.41) is 10.9. The van der Waals surface area contributed by atoms with Crippen LogP contribution in [0.25, 0.3) is 30.9 Å².